The lowest BCUT2D eigenvalue weighted by Gasteiger charge is -2.37. The van der Waals surface area contributed by atoms with E-state index < -0.39 is 5.97 Å². The first-order valence-electron chi connectivity index (χ1n) is 9.38. The van der Waals surface area contributed by atoms with Crippen molar-refractivity contribution in [2.45, 2.75) is 39.2 Å². The lowest BCUT2D eigenvalue weighted by Crippen LogP contribution is -2.49. The SMILES string of the molecule is CCCOc1ccc(NC(=O)N2CCC(N(CC)CC(=O)O)CC2)cc1Cl. The van der Waals surface area contributed by atoms with Crippen molar-refractivity contribution in [1.82, 2.24) is 9.80 Å². The predicted molar refractivity (Wildman–Crippen MR) is 106 cm³/mol. The third-order valence-electron chi connectivity index (χ3n) is 4.66. The number of urea groups is 1. The summed E-state index contributed by atoms with van der Waals surface area (Å²) in [6.07, 6.45) is 2.42. The summed E-state index contributed by atoms with van der Waals surface area (Å²) in [6.45, 7) is 6.49. The molecule has 7 nitrogen and oxygen atoms in total. The number of hydrogen-bond acceptors (Lipinski definition) is 4. The molecule has 2 rings (SSSR count). The van der Waals surface area contributed by atoms with Gasteiger partial charge in [-0.25, -0.2) is 4.79 Å². The van der Waals surface area contributed by atoms with Crippen LogP contribution in [0, 0.1) is 0 Å². The fraction of sp³-hybridized carbons (Fsp3) is 0.579. The van der Waals surface area contributed by atoms with Gasteiger partial charge in [-0.3, -0.25) is 9.69 Å². The Balaban J connectivity index is 1.87. The van der Waals surface area contributed by atoms with E-state index in [1.165, 1.54) is 0 Å². The number of carbonyl (C=O) groups excluding carboxylic acids is 1. The molecule has 2 amide bonds. The van der Waals surface area contributed by atoms with E-state index in [4.69, 9.17) is 21.4 Å². The van der Waals surface area contributed by atoms with Gasteiger partial charge in [0, 0.05) is 24.8 Å². The van der Waals surface area contributed by atoms with Gasteiger partial charge in [0.05, 0.1) is 18.2 Å². The first kappa shape index (κ1) is 21.3. The highest BCUT2D eigenvalue weighted by Crippen LogP contribution is 2.28. The van der Waals surface area contributed by atoms with Crippen molar-refractivity contribution in [2.75, 3.05) is 38.1 Å². The summed E-state index contributed by atoms with van der Waals surface area (Å²) < 4.78 is 5.53. The number of likely N-dealkylation sites (tertiary alicyclic amines) is 1. The predicted octanol–water partition coefficient (Wildman–Crippen LogP) is 3.53. The summed E-state index contributed by atoms with van der Waals surface area (Å²) in [4.78, 5) is 27.2. The van der Waals surface area contributed by atoms with Crippen molar-refractivity contribution in [3.63, 3.8) is 0 Å². The van der Waals surface area contributed by atoms with Gasteiger partial charge >= 0.3 is 12.0 Å². The molecule has 1 aliphatic heterocycles. The third kappa shape index (κ3) is 6.29. The van der Waals surface area contributed by atoms with Crippen LogP contribution in [-0.4, -0.2) is 65.7 Å². The average Bonchev–Trinajstić information content (AvgIpc) is 2.65. The smallest absolute Gasteiger partial charge is 0.321 e. The van der Waals surface area contributed by atoms with Gasteiger partial charge in [0.2, 0.25) is 0 Å². The molecule has 1 aromatic rings. The monoisotopic (exact) mass is 397 g/mol. The average molecular weight is 398 g/mol. The number of piperidine rings is 1. The number of halogens is 1. The van der Waals surface area contributed by atoms with Gasteiger partial charge in [0.25, 0.3) is 0 Å². The zero-order valence-corrected chi connectivity index (χ0v) is 16.7. The molecule has 0 aromatic heterocycles. The number of benzene rings is 1. The summed E-state index contributed by atoms with van der Waals surface area (Å²) in [7, 11) is 0. The summed E-state index contributed by atoms with van der Waals surface area (Å²) >= 11 is 6.20. The van der Waals surface area contributed by atoms with E-state index in [9.17, 15) is 9.59 Å². The molecule has 0 spiro atoms. The molecule has 1 saturated heterocycles. The van der Waals surface area contributed by atoms with Crippen LogP contribution in [0.1, 0.15) is 33.1 Å². The minimum Gasteiger partial charge on any atom is -0.492 e. The molecular weight excluding hydrogens is 370 g/mol. The number of nitrogens with one attached hydrogen (secondary N) is 1. The molecule has 0 radical (unpaired) electrons. The number of carboxylic acids is 1. The largest absolute Gasteiger partial charge is 0.492 e. The van der Waals surface area contributed by atoms with Gasteiger partial charge < -0.3 is 20.1 Å². The second kappa shape index (κ2) is 10.4. The number of carbonyl (C=O) groups is 2. The molecule has 1 fully saturated rings. The molecule has 27 heavy (non-hydrogen) atoms. The van der Waals surface area contributed by atoms with E-state index >= 15 is 0 Å². The molecule has 0 unspecified atom stereocenters. The number of aliphatic carboxylic acids is 1. The number of anilines is 1. The molecule has 150 valence electrons. The Kier molecular flexibility index (Phi) is 8.19. The molecule has 1 aromatic carbocycles. The van der Waals surface area contributed by atoms with Crippen LogP contribution in [0.15, 0.2) is 18.2 Å². The first-order chi connectivity index (χ1) is 12.9. The number of nitrogens with zero attached hydrogens (tertiary/aromatic N) is 2. The fourth-order valence-electron chi connectivity index (χ4n) is 3.22. The Morgan fingerprint density at radius 1 is 1.33 bits per heavy atom. The van der Waals surface area contributed by atoms with Crippen LogP contribution in [0.4, 0.5) is 10.5 Å². The van der Waals surface area contributed by atoms with E-state index in [1.807, 2.05) is 18.7 Å². The van der Waals surface area contributed by atoms with Crippen molar-refractivity contribution in [3.8, 4) is 5.75 Å². The first-order valence-corrected chi connectivity index (χ1v) is 9.76. The molecular formula is C19H28ClN3O4. The maximum Gasteiger partial charge on any atom is 0.321 e. The van der Waals surface area contributed by atoms with Gasteiger partial charge in [-0.2, -0.15) is 0 Å². The lowest BCUT2D eigenvalue weighted by molar-refractivity contribution is -0.139. The molecule has 0 saturated carbocycles. The molecule has 0 atom stereocenters. The number of amides is 2. The van der Waals surface area contributed by atoms with E-state index in [0.717, 1.165) is 19.3 Å². The highest BCUT2D eigenvalue weighted by Gasteiger charge is 2.27. The third-order valence-corrected chi connectivity index (χ3v) is 4.95. The van der Waals surface area contributed by atoms with E-state index in [-0.39, 0.29) is 18.6 Å². The number of carboxylic acid groups (broad SMARTS) is 1. The number of hydrogen-bond donors (Lipinski definition) is 2. The number of likely N-dealkylation sites (N-methyl/N-ethyl adjacent to an activating group) is 1. The Hall–Kier alpha value is -1.99. The van der Waals surface area contributed by atoms with E-state index in [2.05, 4.69) is 5.32 Å². The topological polar surface area (TPSA) is 82.1 Å². The maximum absolute atomic E-state index is 12.5. The minimum atomic E-state index is -0.819. The molecule has 1 aliphatic rings. The quantitative estimate of drug-likeness (QED) is 0.701. The Morgan fingerprint density at radius 2 is 2.04 bits per heavy atom. The van der Waals surface area contributed by atoms with Crippen LogP contribution in [0.3, 0.4) is 0 Å². The highest BCUT2D eigenvalue weighted by molar-refractivity contribution is 6.32. The van der Waals surface area contributed by atoms with Crippen LogP contribution in [0.2, 0.25) is 5.02 Å². The van der Waals surface area contributed by atoms with Crippen molar-refractivity contribution in [1.29, 1.82) is 0 Å². The zero-order valence-electron chi connectivity index (χ0n) is 15.9. The molecule has 0 bridgehead atoms. The standard InChI is InChI=1S/C19H28ClN3O4/c1-3-11-27-17-6-5-14(12-16(17)20)21-19(26)23-9-7-15(8-10-23)22(4-2)13-18(24)25/h5-6,12,15H,3-4,7-11,13H2,1-2H3,(H,21,26)(H,24,25). The second-order valence-corrected chi connectivity index (χ2v) is 7.01. The van der Waals surface area contributed by atoms with Crippen molar-refractivity contribution in [3.05, 3.63) is 23.2 Å². The van der Waals surface area contributed by atoms with E-state index in [0.29, 0.717) is 42.7 Å². The Labute approximate surface area is 165 Å². The normalized spacial score (nSPS) is 15.0. The summed E-state index contributed by atoms with van der Waals surface area (Å²) in [5.41, 5.74) is 0.622. The molecule has 0 aliphatic carbocycles. The van der Waals surface area contributed by atoms with Gasteiger partial charge in [-0.15, -0.1) is 0 Å². The summed E-state index contributed by atoms with van der Waals surface area (Å²) in [5, 5.41) is 12.3. The second-order valence-electron chi connectivity index (χ2n) is 6.60. The highest BCUT2D eigenvalue weighted by atomic mass is 35.5. The molecule has 8 heteroatoms. The van der Waals surface area contributed by atoms with Crippen LogP contribution in [-0.2, 0) is 4.79 Å². The number of rotatable bonds is 8. The van der Waals surface area contributed by atoms with Crippen molar-refractivity contribution >= 4 is 29.3 Å². The van der Waals surface area contributed by atoms with Gasteiger partial charge in [0.15, 0.2) is 0 Å². The van der Waals surface area contributed by atoms with Crippen molar-refractivity contribution in [2.24, 2.45) is 0 Å². The van der Waals surface area contributed by atoms with Gasteiger partial charge in [0.1, 0.15) is 5.75 Å². The van der Waals surface area contributed by atoms with Crippen molar-refractivity contribution < 1.29 is 19.4 Å². The van der Waals surface area contributed by atoms with Gasteiger partial charge in [-0.1, -0.05) is 25.4 Å². The van der Waals surface area contributed by atoms with E-state index in [1.54, 1.807) is 23.1 Å². The lowest BCUT2D eigenvalue weighted by atomic mass is 10.0. The summed E-state index contributed by atoms with van der Waals surface area (Å²) in [5.74, 6) is -0.212. The van der Waals surface area contributed by atoms with Gasteiger partial charge in [-0.05, 0) is 44.0 Å². The fourth-order valence-corrected chi connectivity index (χ4v) is 3.45. The van der Waals surface area contributed by atoms with Crippen LogP contribution < -0.4 is 10.1 Å². The summed E-state index contributed by atoms with van der Waals surface area (Å²) in [6, 6.07) is 5.23. The maximum atomic E-state index is 12.5. The molecule has 2 N–H and O–H groups in total. The van der Waals surface area contributed by atoms with Crippen LogP contribution in [0.25, 0.3) is 0 Å². The minimum absolute atomic E-state index is 0.0400. The van der Waals surface area contributed by atoms with Crippen LogP contribution in [0.5, 0.6) is 5.75 Å². The molecule has 1 heterocycles. The Morgan fingerprint density at radius 3 is 2.59 bits per heavy atom. The zero-order chi connectivity index (χ0) is 19.8. The Bertz CT molecular complexity index is 648. The van der Waals surface area contributed by atoms with Crippen LogP contribution >= 0.6 is 11.6 Å². The number of ether oxygens (including phenoxy) is 1.